The van der Waals surface area contributed by atoms with Crippen LogP contribution in [0.3, 0.4) is 0 Å². The number of hydrogen-bond acceptors (Lipinski definition) is 2. The summed E-state index contributed by atoms with van der Waals surface area (Å²) in [6.07, 6.45) is 0.332. The molecule has 3 rings (SSSR count). The molecule has 20 heavy (non-hydrogen) atoms. The summed E-state index contributed by atoms with van der Waals surface area (Å²) in [7, 11) is 0. The van der Waals surface area contributed by atoms with Crippen molar-refractivity contribution in [3.63, 3.8) is 0 Å². The van der Waals surface area contributed by atoms with Crippen LogP contribution in [0.1, 0.15) is 15.2 Å². The summed E-state index contributed by atoms with van der Waals surface area (Å²) in [5.41, 5.74) is 0.859. The Labute approximate surface area is 134 Å². The lowest BCUT2D eigenvalue weighted by Crippen LogP contribution is -2.01. The molecule has 0 spiro atoms. The molecular weight excluding hydrogens is 356 g/mol. The van der Waals surface area contributed by atoms with Gasteiger partial charge in [-0.15, -0.1) is 11.3 Å². The zero-order valence-electron chi connectivity index (χ0n) is 10.4. The van der Waals surface area contributed by atoms with E-state index in [0.717, 1.165) is 25.0 Å². The maximum Gasteiger partial charge on any atom is 0.177 e. The van der Waals surface area contributed by atoms with Crippen molar-refractivity contribution in [2.75, 3.05) is 0 Å². The van der Waals surface area contributed by atoms with E-state index in [2.05, 4.69) is 15.9 Å². The van der Waals surface area contributed by atoms with Gasteiger partial charge >= 0.3 is 0 Å². The Morgan fingerprint density at radius 1 is 1.15 bits per heavy atom. The molecule has 0 saturated carbocycles. The van der Waals surface area contributed by atoms with Crippen LogP contribution in [0.25, 0.3) is 10.1 Å². The third kappa shape index (κ3) is 2.80. The first kappa shape index (κ1) is 13.8. The zero-order chi connectivity index (χ0) is 14.1. The predicted molar refractivity (Wildman–Crippen MR) is 89.0 cm³/mol. The highest BCUT2D eigenvalue weighted by Gasteiger charge is 2.13. The number of rotatable bonds is 3. The second-order valence-corrected chi connectivity index (χ2v) is 6.89. The second kappa shape index (κ2) is 5.68. The van der Waals surface area contributed by atoms with Crippen molar-refractivity contribution in [2.24, 2.45) is 0 Å². The van der Waals surface area contributed by atoms with Crippen molar-refractivity contribution in [3.8, 4) is 0 Å². The maximum atomic E-state index is 12.4. The molecule has 0 saturated heterocycles. The van der Waals surface area contributed by atoms with E-state index in [9.17, 15) is 4.79 Å². The average molecular weight is 366 g/mol. The van der Waals surface area contributed by atoms with Gasteiger partial charge < -0.3 is 0 Å². The summed E-state index contributed by atoms with van der Waals surface area (Å²) >= 11 is 11.1. The molecule has 0 unspecified atom stereocenters. The summed E-state index contributed by atoms with van der Waals surface area (Å²) in [6, 6.07) is 15.6. The maximum absolute atomic E-state index is 12.4. The minimum Gasteiger partial charge on any atom is -0.293 e. The molecule has 0 N–H and O–H groups in total. The molecule has 0 aliphatic heterocycles. The molecule has 4 heteroatoms. The number of carbonyl (C=O) groups excluding carboxylic acids is 1. The molecule has 1 nitrogen and oxygen atoms in total. The SMILES string of the molecule is O=C(Cc1ccc(Br)cc1Cl)c1cc2ccccc2s1. The first-order valence-electron chi connectivity index (χ1n) is 6.09. The number of carbonyl (C=O) groups is 1. The van der Waals surface area contributed by atoms with Crippen LogP contribution in [-0.4, -0.2) is 5.78 Å². The van der Waals surface area contributed by atoms with Crippen LogP contribution >= 0.6 is 38.9 Å². The minimum absolute atomic E-state index is 0.107. The van der Waals surface area contributed by atoms with Gasteiger partial charge in [0.2, 0.25) is 0 Å². The lowest BCUT2D eigenvalue weighted by molar-refractivity contribution is 0.0997. The summed E-state index contributed by atoms with van der Waals surface area (Å²) in [5.74, 6) is 0.107. The average Bonchev–Trinajstić information content (AvgIpc) is 2.86. The van der Waals surface area contributed by atoms with E-state index in [1.54, 1.807) is 0 Å². The Kier molecular flexibility index (Phi) is 3.92. The molecule has 0 radical (unpaired) electrons. The van der Waals surface area contributed by atoms with Crippen molar-refractivity contribution in [1.82, 2.24) is 0 Å². The van der Waals surface area contributed by atoms with Crippen molar-refractivity contribution in [3.05, 3.63) is 68.5 Å². The predicted octanol–water partition coefficient (Wildman–Crippen LogP) is 5.74. The van der Waals surface area contributed by atoms with Gasteiger partial charge in [0, 0.05) is 20.6 Å². The molecule has 0 atom stereocenters. The standard InChI is InChI=1S/C16H10BrClOS/c17-12-6-5-10(13(18)9-12)7-14(19)16-8-11-3-1-2-4-15(11)20-16/h1-6,8-9H,7H2. The fourth-order valence-electron chi connectivity index (χ4n) is 2.04. The molecule has 0 amide bonds. The lowest BCUT2D eigenvalue weighted by Gasteiger charge is -2.03. The van der Waals surface area contributed by atoms with Crippen LogP contribution in [0.4, 0.5) is 0 Å². The quantitative estimate of drug-likeness (QED) is 0.541. The minimum atomic E-state index is 0.107. The van der Waals surface area contributed by atoms with Crippen molar-refractivity contribution in [2.45, 2.75) is 6.42 Å². The number of Topliss-reactive ketones (excluding diaryl/α,β-unsaturated/α-hetero) is 1. The summed E-state index contributed by atoms with van der Waals surface area (Å²) in [6.45, 7) is 0. The first-order valence-corrected chi connectivity index (χ1v) is 8.08. The highest BCUT2D eigenvalue weighted by Crippen LogP contribution is 2.28. The Morgan fingerprint density at radius 3 is 2.70 bits per heavy atom. The van der Waals surface area contributed by atoms with Crippen molar-refractivity contribution < 1.29 is 4.79 Å². The number of benzene rings is 2. The first-order chi connectivity index (χ1) is 9.63. The van der Waals surface area contributed by atoms with Gasteiger partial charge in [-0.25, -0.2) is 0 Å². The van der Waals surface area contributed by atoms with E-state index in [0.29, 0.717) is 11.4 Å². The van der Waals surface area contributed by atoms with Crippen LogP contribution in [-0.2, 0) is 6.42 Å². The number of fused-ring (bicyclic) bond motifs is 1. The Morgan fingerprint density at radius 2 is 1.95 bits per heavy atom. The third-order valence-electron chi connectivity index (χ3n) is 3.07. The number of thiophene rings is 1. The Hall–Kier alpha value is -1.16. The molecule has 1 heterocycles. The Balaban J connectivity index is 1.89. The molecule has 1 aromatic heterocycles. The lowest BCUT2D eigenvalue weighted by atomic mass is 10.1. The van der Waals surface area contributed by atoms with Gasteiger partial charge in [0.1, 0.15) is 0 Å². The smallest absolute Gasteiger partial charge is 0.177 e. The molecule has 0 bridgehead atoms. The summed E-state index contributed by atoms with van der Waals surface area (Å²) in [5, 5.41) is 1.73. The number of ketones is 1. The monoisotopic (exact) mass is 364 g/mol. The van der Waals surface area contributed by atoms with Gasteiger partial charge in [-0.3, -0.25) is 4.79 Å². The fourth-order valence-corrected chi connectivity index (χ4v) is 3.78. The summed E-state index contributed by atoms with van der Waals surface area (Å²) < 4.78 is 2.05. The molecule has 3 aromatic rings. The Bertz CT molecular complexity index is 761. The van der Waals surface area contributed by atoms with Crippen LogP contribution < -0.4 is 0 Å². The van der Waals surface area contributed by atoms with E-state index in [4.69, 9.17) is 11.6 Å². The number of halogens is 2. The van der Waals surface area contributed by atoms with E-state index in [1.165, 1.54) is 11.3 Å². The molecule has 2 aromatic carbocycles. The van der Waals surface area contributed by atoms with Crippen LogP contribution in [0.5, 0.6) is 0 Å². The van der Waals surface area contributed by atoms with Gasteiger partial charge in [-0.1, -0.05) is 51.8 Å². The van der Waals surface area contributed by atoms with Gasteiger partial charge in [0.25, 0.3) is 0 Å². The van der Waals surface area contributed by atoms with Gasteiger partial charge in [0.15, 0.2) is 5.78 Å². The zero-order valence-corrected chi connectivity index (χ0v) is 13.6. The topological polar surface area (TPSA) is 17.1 Å². The van der Waals surface area contributed by atoms with Crippen molar-refractivity contribution >= 4 is 54.7 Å². The van der Waals surface area contributed by atoms with Crippen LogP contribution in [0.2, 0.25) is 5.02 Å². The van der Waals surface area contributed by atoms with E-state index in [1.807, 2.05) is 48.5 Å². The van der Waals surface area contributed by atoms with E-state index < -0.39 is 0 Å². The normalized spacial score (nSPS) is 10.9. The van der Waals surface area contributed by atoms with Crippen LogP contribution in [0.15, 0.2) is 53.0 Å². The third-order valence-corrected chi connectivity index (χ3v) is 5.07. The van der Waals surface area contributed by atoms with E-state index in [-0.39, 0.29) is 5.78 Å². The highest BCUT2D eigenvalue weighted by molar-refractivity contribution is 9.10. The van der Waals surface area contributed by atoms with Crippen molar-refractivity contribution in [1.29, 1.82) is 0 Å². The molecular formula is C16H10BrClOS. The number of hydrogen-bond donors (Lipinski definition) is 0. The fraction of sp³-hybridized carbons (Fsp3) is 0.0625. The summed E-state index contributed by atoms with van der Waals surface area (Å²) in [4.78, 5) is 13.1. The second-order valence-electron chi connectivity index (χ2n) is 4.48. The van der Waals surface area contributed by atoms with Gasteiger partial charge in [-0.2, -0.15) is 0 Å². The van der Waals surface area contributed by atoms with Crippen LogP contribution in [0, 0.1) is 0 Å². The van der Waals surface area contributed by atoms with E-state index >= 15 is 0 Å². The molecule has 0 aliphatic carbocycles. The molecule has 0 aliphatic rings. The largest absolute Gasteiger partial charge is 0.293 e. The highest BCUT2D eigenvalue weighted by atomic mass is 79.9. The van der Waals surface area contributed by atoms with Gasteiger partial charge in [-0.05, 0) is 35.2 Å². The molecule has 0 fully saturated rings. The van der Waals surface area contributed by atoms with Gasteiger partial charge in [0.05, 0.1) is 4.88 Å². The molecule has 100 valence electrons.